The van der Waals surface area contributed by atoms with Crippen LogP contribution in [0.1, 0.15) is 23.4 Å². The number of anilines is 1. The van der Waals surface area contributed by atoms with Crippen LogP contribution in [0, 0.1) is 11.7 Å². The number of ether oxygens (including phenoxy) is 1. The van der Waals surface area contributed by atoms with Gasteiger partial charge in [-0.15, -0.1) is 0 Å². The molecular formula is C22H20FN3O4. The third-order valence-electron chi connectivity index (χ3n) is 4.85. The van der Waals surface area contributed by atoms with Gasteiger partial charge in [-0.1, -0.05) is 0 Å². The molecule has 0 aliphatic carbocycles. The fourth-order valence-corrected chi connectivity index (χ4v) is 3.31. The summed E-state index contributed by atoms with van der Waals surface area (Å²) in [6.45, 7) is 0.935. The first kappa shape index (κ1) is 19.6. The van der Waals surface area contributed by atoms with Gasteiger partial charge in [-0.3, -0.25) is 9.59 Å². The van der Waals surface area contributed by atoms with Gasteiger partial charge in [0.2, 0.25) is 11.8 Å². The van der Waals surface area contributed by atoms with E-state index in [-0.39, 0.29) is 29.3 Å². The highest BCUT2D eigenvalue weighted by molar-refractivity contribution is 5.94. The monoisotopic (exact) mass is 409 g/mol. The third kappa shape index (κ3) is 4.65. The minimum Gasteiger partial charge on any atom is -0.459 e. The van der Waals surface area contributed by atoms with Crippen molar-refractivity contribution in [1.29, 1.82) is 0 Å². The number of nitrogens with one attached hydrogen (secondary N) is 1. The van der Waals surface area contributed by atoms with E-state index in [0.717, 1.165) is 6.42 Å². The number of rotatable bonds is 5. The van der Waals surface area contributed by atoms with Gasteiger partial charge < -0.3 is 19.4 Å². The first-order valence-corrected chi connectivity index (χ1v) is 9.61. The minimum atomic E-state index is -0.347. The van der Waals surface area contributed by atoms with E-state index in [0.29, 0.717) is 36.8 Å². The number of carbonyl (C=O) groups excluding carboxylic acids is 2. The number of piperidine rings is 1. The van der Waals surface area contributed by atoms with Crippen molar-refractivity contribution in [2.75, 3.05) is 18.4 Å². The third-order valence-corrected chi connectivity index (χ3v) is 4.85. The SMILES string of the molecule is O=C(Nc1ccc(Oc2ccc(F)cc2)nc1)[C@H]1CCCN(C(=O)c2ccco2)C1. The highest BCUT2D eigenvalue weighted by atomic mass is 19.1. The Labute approximate surface area is 172 Å². The summed E-state index contributed by atoms with van der Waals surface area (Å²) in [5, 5.41) is 2.84. The molecule has 0 radical (unpaired) electrons. The van der Waals surface area contributed by atoms with Crippen molar-refractivity contribution in [1.82, 2.24) is 9.88 Å². The minimum absolute atomic E-state index is 0.166. The number of benzene rings is 1. The first-order valence-electron chi connectivity index (χ1n) is 9.61. The van der Waals surface area contributed by atoms with Gasteiger partial charge in [-0.05, 0) is 55.3 Å². The summed E-state index contributed by atoms with van der Waals surface area (Å²) in [5.41, 5.74) is 0.529. The van der Waals surface area contributed by atoms with Crippen LogP contribution < -0.4 is 10.1 Å². The molecule has 0 spiro atoms. The molecule has 8 heteroatoms. The van der Waals surface area contributed by atoms with Gasteiger partial charge in [-0.25, -0.2) is 9.37 Å². The van der Waals surface area contributed by atoms with Crippen molar-refractivity contribution in [2.45, 2.75) is 12.8 Å². The van der Waals surface area contributed by atoms with Gasteiger partial charge in [0.1, 0.15) is 11.6 Å². The average molecular weight is 409 g/mol. The number of halogens is 1. The maximum absolute atomic E-state index is 13.0. The number of hydrogen-bond donors (Lipinski definition) is 1. The molecule has 0 bridgehead atoms. The zero-order valence-corrected chi connectivity index (χ0v) is 16.1. The van der Waals surface area contributed by atoms with Crippen molar-refractivity contribution < 1.29 is 23.1 Å². The molecule has 0 saturated carbocycles. The molecule has 1 atom stereocenters. The molecule has 1 aliphatic heterocycles. The van der Waals surface area contributed by atoms with Crippen molar-refractivity contribution in [3.8, 4) is 11.6 Å². The molecule has 2 amide bonds. The fraction of sp³-hybridized carbons (Fsp3) is 0.227. The maximum atomic E-state index is 13.0. The molecule has 1 N–H and O–H groups in total. The van der Waals surface area contributed by atoms with Crippen LogP contribution in [-0.4, -0.2) is 34.8 Å². The summed E-state index contributed by atoms with van der Waals surface area (Å²) in [5.74, 6) is 0.0319. The van der Waals surface area contributed by atoms with Crippen LogP contribution >= 0.6 is 0 Å². The lowest BCUT2D eigenvalue weighted by Gasteiger charge is -2.31. The van der Waals surface area contributed by atoms with Crippen LogP contribution in [-0.2, 0) is 4.79 Å². The molecule has 3 heterocycles. The highest BCUT2D eigenvalue weighted by Gasteiger charge is 2.30. The Morgan fingerprint density at radius 2 is 2.00 bits per heavy atom. The number of carbonyl (C=O) groups is 2. The molecule has 1 saturated heterocycles. The standard InChI is InChI=1S/C22H20FN3O4/c23-16-5-8-18(9-6-16)30-20-10-7-17(13-24-20)25-21(27)15-3-1-11-26(14-15)22(28)19-4-2-12-29-19/h2,4-10,12-13,15H,1,3,11,14H2,(H,25,27)/t15-/m0/s1. The van der Waals surface area contributed by atoms with Gasteiger partial charge in [0, 0.05) is 19.2 Å². The quantitative estimate of drug-likeness (QED) is 0.686. The van der Waals surface area contributed by atoms with E-state index in [4.69, 9.17) is 9.15 Å². The van der Waals surface area contributed by atoms with E-state index in [2.05, 4.69) is 10.3 Å². The molecule has 154 valence electrons. The topological polar surface area (TPSA) is 84.7 Å². The molecule has 30 heavy (non-hydrogen) atoms. The summed E-state index contributed by atoms with van der Waals surface area (Å²) in [6.07, 6.45) is 4.39. The second-order valence-electron chi connectivity index (χ2n) is 7.00. The van der Waals surface area contributed by atoms with E-state index < -0.39 is 0 Å². The second-order valence-corrected chi connectivity index (χ2v) is 7.00. The van der Waals surface area contributed by atoms with Gasteiger partial charge in [-0.2, -0.15) is 0 Å². The Morgan fingerprint density at radius 1 is 1.17 bits per heavy atom. The molecule has 1 aromatic carbocycles. The van der Waals surface area contributed by atoms with Crippen molar-refractivity contribution in [2.24, 2.45) is 5.92 Å². The van der Waals surface area contributed by atoms with Crippen molar-refractivity contribution in [3.05, 3.63) is 72.6 Å². The smallest absolute Gasteiger partial charge is 0.289 e. The van der Waals surface area contributed by atoms with E-state index in [9.17, 15) is 14.0 Å². The molecule has 1 fully saturated rings. The van der Waals surface area contributed by atoms with E-state index in [1.165, 1.54) is 36.7 Å². The lowest BCUT2D eigenvalue weighted by Crippen LogP contribution is -2.43. The number of nitrogens with zero attached hydrogens (tertiary/aromatic N) is 2. The lowest BCUT2D eigenvalue weighted by atomic mass is 9.97. The van der Waals surface area contributed by atoms with Crippen LogP contribution in [0.4, 0.5) is 10.1 Å². The van der Waals surface area contributed by atoms with Gasteiger partial charge in [0.05, 0.1) is 24.1 Å². The van der Waals surface area contributed by atoms with Gasteiger partial charge >= 0.3 is 0 Å². The predicted octanol–water partition coefficient (Wildman–Crippen LogP) is 4.10. The molecule has 3 aromatic rings. The van der Waals surface area contributed by atoms with Crippen LogP contribution in [0.5, 0.6) is 11.6 Å². The van der Waals surface area contributed by atoms with Crippen LogP contribution in [0.25, 0.3) is 0 Å². The van der Waals surface area contributed by atoms with Crippen molar-refractivity contribution in [3.63, 3.8) is 0 Å². The zero-order valence-electron chi connectivity index (χ0n) is 16.1. The van der Waals surface area contributed by atoms with Crippen LogP contribution in [0.2, 0.25) is 0 Å². The van der Waals surface area contributed by atoms with E-state index >= 15 is 0 Å². The molecule has 4 rings (SSSR count). The molecule has 2 aromatic heterocycles. The van der Waals surface area contributed by atoms with Gasteiger partial charge in [0.25, 0.3) is 5.91 Å². The summed E-state index contributed by atoms with van der Waals surface area (Å²) in [4.78, 5) is 30.9. The highest BCUT2D eigenvalue weighted by Crippen LogP contribution is 2.23. The largest absolute Gasteiger partial charge is 0.459 e. The number of amides is 2. The molecule has 7 nitrogen and oxygen atoms in total. The fourth-order valence-electron chi connectivity index (χ4n) is 3.31. The first-order chi connectivity index (χ1) is 14.6. The number of pyridine rings is 1. The second kappa shape index (κ2) is 8.77. The predicted molar refractivity (Wildman–Crippen MR) is 107 cm³/mol. The Morgan fingerprint density at radius 3 is 2.70 bits per heavy atom. The summed E-state index contributed by atoms with van der Waals surface area (Å²) >= 11 is 0. The maximum Gasteiger partial charge on any atom is 0.289 e. The number of aromatic nitrogens is 1. The van der Waals surface area contributed by atoms with E-state index in [1.807, 2.05) is 0 Å². The molecule has 0 unspecified atom stereocenters. The molecular weight excluding hydrogens is 389 g/mol. The summed E-state index contributed by atoms with van der Waals surface area (Å²) in [6, 6.07) is 12.2. The Kier molecular flexibility index (Phi) is 5.74. The number of likely N-dealkylation sites (tertiary alicyclic amines) is 1. The van der Waals surface area contributed by atoms with Crippen LogP contribution in [0.15, 0.2) is 65.4 Å². The summed E-state index contributed by atoms with van der Waals surface area (Å²) < 4.78 is 23.7. The lowest BCUT2D eigenvalue weighted by molar-refractivity contribution is -0.121. The van der Waals surface area contributed by atoms with Crippen LogP contribution in [0.3, 0.4) is 0 Å². The Hall–Kier alpha value is -3.68. The zero-order chi connectivity index (χ0) is 20.9. The van der Waals surface area contributed by atoms with Gasteiger partial charge in [0.15, 0.2) is 5.76 Å². The number of hydrogen-bond acceptors (Lipinski definition) is 5. The van der Waals surface area contributed by atoms with Crippen molar-refractivity contribution >= 4 is 17.5 Å². The number of furan rings is 1. The molecule has 1 aliphatic rings. The Balaban J connectivity index is 1.34. The Bertz CT molecular complexity index is 1000. The normalized spacial score (nSPS) is 16.2. The van der Waals surface area contributed by atoms with E-state index in [1.54, 1.807) is 29.2 Å². The average Bonchev–Trinajstić information content (AvgIpc) is 3.31. The summed E-state index contributed by atoms with van der Waals surface area (Å²) in [7, 11) is 0.